The number of carbonyl (C=O) groups is 2. The molecule has 1 fully saturated rings. The molecule has 0 spiro atoms. The summed E-state index contributed by atoms with van der Waals surface area (Å²) in [7, 11) is 0. The van der Waals surface area contributed by atoms with Crippen molar-refractivity contribution >= 4 is 11.9 Å². The van der Waals surface area contributed by atoms with Crippen LogP contribution in [0.25, 0.3) is 0 Å². The van der Waals surface area contributed by atoms with E-state index in [1.54, 1.807) is 13.8 Å². The molecule has 3 atom stereocenters. The van der Waals surface area contributed by atoms with Crippen molar-refractivity contribution in [3.05, 3.63) is 33.1 Å². The lowest BCUT2D eigenvalue weighted by molar-refractivity contribution is -0.172. The van der Waals surface area contributed by atoms with Crippen LogP contribution in [0.5, 0.6) is 0 Å². The van der Waals surface area contributed by atoms with E-state index in [4.69, 9.17) is 14.2 Å². The van der Waals surface area contributed by atoms with Gasteiger partial charge in [-0.2, -0.15) is 0 Å². The number of rotatable bonds is 5. The lowest BCUT2D eigenvalue weighted by Crippen LogP contribution is -2.43. The van der Waals surface area contributed by atoms with E-state index in [1.807, 2.05) is 0 Å². The number of hydrogen-bond donors (Lipinski definition) is 1. The number of carbonyl (C=O) groups excluding carboxylic acids is 2. The van der Waals surface area contributed by atoms with Crippen molar-refractivity contribution in [1.29, 1.82) is 0 Å². The fourth-order valence-electron chi connectivity index (χ4n) is 2.66. The first-order valence-corrected chi connectivity index (χ1v) is 7.64. The van der Waals surface area contributed by atoms with Gasteiger partial charge < -0.3 is 14.2 Å². The van der Waals surface area contributed by atoms with Gasteiger partial charge in [0.2, 0.25) is 0 Å². The number of aromatic nitrogens is 2. The van der Waals surface area contributed by atoms with Crippen molar-refractivity contribution in [2.75, 3.05) is 13.2 Å². The van der Waals surface area contributed by atoms with Crippen LogP contribution < -0.4 is 11.2 Å². The number of aromatic amines is 1. The first-order chi connectivity index (χ1) is 11.3. The molecule has 2 rings (SSSR count). The summed E-state index contributed by atoms with van der Waals surface area (Å²) in [5.41, 5.74) is -2.55. The van der Waals surface area contributed by atoms with Gasteiger partial charge in [0.25, 0.3) is 5.56 Å². The fourth-order valence-corrected chi connectivity index (χ4v) is 2.66. The molecule has 1 aromatic rings. The van der Waals surface area contributed by atoms with E-state index in [0.29, 0.717) is 0 Å². The molecule has 0 aliphatic carbocycles. The van der Waals surface area contributed by atoms with Gasteiger partial charge in [0.15, 0.2) is 6.10 Å². The van der Waals surface area contributed by atoms with Gasteiger partial charge in [-0.25, -0.2) is 9.59 Å². The average Bonchev–Trinajstić information content (AvgIpc) is 2.87. The summed E-state index contributed by atoms with van der Waals surface area (Å²) >= 11 is 0. The highest BCUT2D eigenvalue weighted by atomic mass is 16.6. The number of hydrogen-bond acceptors (Lipinski definition) is 7. The minimum absolute atomic E-state index is 0.0290. The smallest absolute Gasteiger partial charge is 0.336 e. The largest absolute Gasteiger partial charge is 0.465 e. The van der Waals surface area contributed by atoms with Gasteiger partial charge in [0, 0.05) is 18.7 Å². The molecule has 24 heavy (non-hydrogen) atoms. The van der Waals surface area contributed by atoms with Crippen LogP contribution in [0.4, 0.5) is 0 Å². The van der Waals surface area contributed by atoms with E-state index in [9.17, 15) is 19.2 Å². The summed E-state index contributed by atoms with van der Waals surface area (Å²) in [6.07, 6.45) is -0.829. The molecule has 0 radical (unpaired) electrons. The zero-order valence-electron chi connectivity index (χ0n) is 13.7. The minimum Gasteiger partial charge on any atom is -0.465 e. The number of nitrogens with one attached hydrogen (secondary N) is 1. The van der Waals surface area contributed by atoms with Gasteiger partial charge in [-0.05, 0) is 20.8 Å². The molecule has 132 valence electrons. The average molecular weight is 340 g/mol. The molecule has 0 bridgehead atoms. The van der Waals surface area contributed by atoms with Crippen molar-refractivity contribution in [2.24, 2.45) is 5.41 Å². The quantitative estimate of drug-likeness (QED) is 0.747. The van der Waals surface area contributed by atoms with Crippen LogP contribution in [0.1, 0.15) is 33.4 Å². The lowest BCUT2D eigenvalue weighted by atomic mass is 9.82. The molecule has 1 aromatic heterocycles. The Hall–Kier alpha value is -2.42. The van der Waals surface area contributed by atoms with Crippen LogP contribution in [0.15, 0.2) is 21.9 Å². The summed E-state index contributed by atoms with van der Waals surface area (Å²) in [5, 5.41) is 0. The fraction of sp³-hybridized carbons (Fsp3) is 0.600. The number of ether oxygens (including phenoxy) is 3. The lowest BCUT2D eigenvalue weighted by Gasteiger charge is -2.25. The Morgan fingerprint density at radius 2 is 2.00 bits per heavy atom. The van der Waals surface area contributed by atoms with E-state index in [0.717, 1.165) is 10.6 Å². The van der Waals surface area contributed by atoms with Crippen LogP contribution in [0.3, 0.4) is 0 Å². The van der Waals surface area contributed by atoms with E-state index in [-0.39, 0.29) is 19.6 Å². The maximum absolute atomic E-state index is 12.3. The Bertz CT molecular complexity index is 738. The van der Waals surface area contributed by atoms with E-state index in [1.165, 1.54) is 13.1 Å². The van der Waals surface area contributed by atoms with E-state index in [2.05, 4.69) is 4.98 Å². The molecule has 9 nitrogen and oxygen atoms in total. The van der Waals surface area contributed by atoms with Crippen LogP contribution in [0, 0.1) is 5.41 Å². The van der Waals surface area contributed by atoms with Crippen molar-refractivity contribution in [3.8, 4) is 0 Å². The Labute approximate surface area is 137 Å². The van der Waals surface area contributed by atoms with Gasteiger partial charge in [-0.3, -0.25) is 19.1 Å². The third kappa shape index (κ3) is 3.25. The summed E-state index contributed by atoms with van der Waals surface area (Å²) in [5.74, 6) is -1.31. The Morgan fingerprint density at radius 1 is 1.33 bits per heavy atom. The van der Waals surface area contributed by atoms with Crippen LogP contribution in [-0.4, -0.2) is 40.8 Å². The molecule has 1 aliphatic rings. The van der Waals surface area contributed by atoms with Crippen molar-refractivity contribution < 1.29 is 23.8 Å². The zero-order valence-corrected chi connectivity index (χ0v) is 13.7. The normalized spacial score (nSPS) is 26.1. The van der Waals surface area contributed by atoms with E-state index < -0.39 is 40.9 Å². The van der Waals surface area contributed by atoms with Crippen LogP contribution in [-0.2, 0) is 23.8 Å². The topological polar surface area (TPSA) is 117 Å². The highest BCUT2D eigenvalue weighted by Gasteiger charge is 2.56. The molecule has 0 amide bonds. The van der Waals surface area contributed by atoms with E-state index >= 15 is 0 Å². The van der Waals surface area contributed by atoms with Crippen molar-refractivity contribution in [1.82, 2.24) is 9.55 Å². The number of nitrogens with zero attached hydrogens (tertiary/aromatic N) is 1. The molecule has 1 saturated heterocycles. The molecule has 0 aromatic carbocycles. The monoisotopic (exact) mass is 340 g/mol. The van der Waals surface area contributed by atoms with Gasteiger partial charge in [0.05, 0.1) is 13.2 Å². The third-order valence-corrected chi connectivity index (χ3v) is 3.87. The molecule has 2 heterocycles. The predicted octanol–water partition coefficient (Wildman–Crippen LogP) is -0.0434. The zero-order chi connectivity index (χ0) is 17.9. The minimum atomic E-state index is -1.30. The van der Waals surface area contributed by atoms with Crippen molar-refractivity contribution in [2.45, 2.75) is 39.5 Å². The second-order valence-electron chi connectivity index (χ2n) is 5.58. The van der Waals surface area contributed by atoms with Crippen LogP contribution >= 0.6 is 0 Å². The maximum Gasteiger partial charge on any atom is 0.336 e. The third-order valence-electron chi connectivity index (χ3n) is 3.87. The molecule has 9 heteroatoms. The highest BCUT2D eigenvalue weighted by Crippen LogP contribution is 2.44. The molecule has 0 saturated carbocycles. The second-order valence-corrected chi connectivity index (χ2v) is 5.58. The summed E-state index contributed by atoms with van der Waals surface area (Å²) in [4.78, 5) is 49.7. The number of esters is 2. The first kappa shape index (κ1) is 17.9. The molecular formula is C15H20N2O7. The first-order valence-electron chi connectivity index (χ1n) is 7.64. The van der Waals surface area contributed by atoms with Gasteiger partial charge >= 0.3 is 17.6 Å². The summed E-state index contributed by atoms with van der Waals surface area (Å²) in [6.45, 7) is 5.09. The predicted molar refractivity (Wildman–Crippen MR) is 81.2 cm³/mol. The summed E-state index contributed by atoms with van der Waals surface area (Å²) < 4.78 is 16.8. The summed E-state index contributed by atoms with van der Waals surface area (Å²) in [6, 6.07) is 1.16. The van der Waals surface area contributed by atoms with Gasteiger partial charge in [-0.15, -0.1) is 0 Å². The van der Waals surface area contributed by atoms with Crippen LogP contribution in [0.2, 0.25) is 0 Å². The Balaban J connectivity index is 2.38. The van der Waals surface area contributed by atoms with Gasteiger partial charge in [0.1, 0.15) is 11.6 Å². The van der Waals surface area contributed by atoms with Gasteiger partial charge in [-0.1, -0.05) is 0 Å². The SMILES string of the molecule is CCOC(=O)C1OC(n2ccc(=O)[nH]c2=O)CC1(C)C(=O)OCC. The second kappa shape index (κ2) is 7.00. The Kier molecular flexibility index (Phi) is 5.23. The maximum atomic E-state index is 12.3. The molecular weight excluding hydrogens is 320 g/mol. The highest BCUT2D eigenvalue weighted by molar-refractivity contribution is 5.87. The molecule has 1 N–H and O–H groups in total. The Morgan fingerprint density at radius 3 is 2.58 bits per heavy atom. The number of H-pyrrole nitrogens is 1. The standard InChI is InChI=1S/C15H20N2O7/c1-4-22-12(19)11-15(3,13(20)23-5-2)8-10(24-11)17-7-6-9(18)16-14(17)21/h6-7,10-11H,4-5,8H2,1-3H3,(H,16,18,21). The van der Waals surface area contributed by atoms with Crippen molar-refractivity contribution in [3.63, 3.8) is 0 Å². The molecule has 1 aliphatic heterocycles. The molecule has 3 unspecified atom stereocenters.